The molecule has 0 spiro atoms. The van der Waals surface area contributed by atoms with E-state index in [2.05, 4.69) is 9.88 Å². The van der Waals surface area contributed by atoms with Crippen LogP contribution in [0.25, 0.3) is 0 Å². The van der Waals surface area contributed by atoms with Crippen molar-refractivity contribution in [2.45, 2.75) is 38.3 Å². The van der Waals surface area contributed by atoms with Crippen LogP contribution >= 0.6 is 0 Å². The number of rotatable bonds is 3. The van der Waals surface area contributed by atoms with Crippen LogP contribution in [0.4, 0.5) is 0 Å². The molecule has 1 aromatic rings. The molecule has 2 rings (SSSR count). The van der Waals surface area contributed by atoms with Gasteiger partial charge < -0.3 is 10.2 Å². The summed E-state index contributed by atoms with van der Waals surface area (Å²) in [5.41, 5.74) is 0.270. The molecule has 0 aromatic carbocycles. The topological polar surface area (TPSA) is 73.7 Å². The van der Waals surface area contributed by atoms with Crippen LogP contribution in [-0.2, 0) is 6.54 Å². The highest BCUT2D eigenvalue weighted by atomic mass is 16.4. The first-order chi connectivity index (χ1) is 8.96. The maximum absolute atomic E-state index is 10.9. The Kier molecular flexibility index (Phi) is 4.17. The summed E-state index contributed by atoms with van der Waals surface area (Å²) in [6.07, 6.45) is 2.50. The van der Waals surface area contributed by atoms with E-state index < -0.39 is 11.6 Å². The van der Waals surface area contributed by atoms with Crippen molar-refractivity contribution < 1.29 is 15.0 Å². The number of aromatic carboxylic acids is 1. The normalized spacial score (nSPS) is 24.9. The van der Waals surface area contributed by atoms with Crippen molar-refractivity contribution in [1.29, 1.82) is 0 Å². The third-order valence-electron chi connectivity index (χ3n) is 3.57. The summed E-state index contributed by atoms with van der Waals surface area (Å²) in [4.78, 5) is 17.2. The Morgan fingerprint density at radius 2 is 2.21 bits per heavy atom. The average Bonchev–Trinajstić information content (AvgIpc) is 2.51. The van der Waals surface area contributed by atoms with Gasteiger partial charge in [0.05, 0.1) is 11.3 Å². The van der Waals surface area contributed by atoms with E-state index in [0.717, 1.165) is 38.0 Å². The number of hydrogen-bond donors (Lipinski definition) is 2. The van der Waals surface area contributed by atoms with Crippen LogP contribution in [0.3, 0.4) is 0 Å². The highest BCUT2D eigenvalue weighted by Crippen LogP contribution is 2.22. The summed E-state index contributed by atoms with van der Waals surface area (Å²) >= 11 is 0. The predicted octanol–water partition coefficient (Wildman–Crippen LogP) is 1.52. The molecule has 1 saturated heterocycles. The molecule has 104 valence electrons. The molecule has 1 aliphatic heterocycles. The third-order valence-corrected chi connectivity index (χ3v) is 3.57. The lowest BCUT2D eigenvalue weighted by atomic mass is 9.98. The number of hydrogen-bond acceptors (Lipinski definition) is 4. The van der Waals surface area contributed by atoms with Gasteiger partial charge >= 0.3 is 5.97 Å². The molecule has 5 nitrogen and oxygen atoms in total. The van der Waals surface area contributed by atoms with Gasteiger partial charge in [-0.1, -0.05) is 6.07 Å². The molecule has 5 heteroatoms. The predicted molar refractivity (Wildman–Crippen MR) is 70.9 cm³/mol. The van der Waals surface area contributed by atoms with E-state index in [-0.39, 0.29) is 5.69 Å². The van der Waals surface area contributed by atoms with Crippen LogP contribution in [0, 0.1) is 0 Å². The van der Waals surface area contributed by atoms with Gasteiger partial charge in [-0.25, -0.2) is 9.78 Å². The minimum atomic E-state index is -0.999. The summed E-state index contributed by atoms with van der Waals surface area (Å²) in [6.45, 7) is 4.23. The first kappa shape index (κ1) is 14.0. The Labute approximate surface area is 112 Å². The lowest BCUT2D eigenvalue weighted by Gasteiger charge is -2.22. The SMILES string of the molecule is CC1(O)CCCN(Cc2cccc(C(=O)O)n2)CC1. The smallest absolute Gasteiger partial charge is 0.354 e. The summed E-state index contributed by atoms with van der Waals surface area (Å²) < 4.78 is 0. The molecule has 0 bridgehead atoms. The standard InChI is InChI=1S/C14H20N2O3/c1-14(19)6-3-8-16(9-7-14)10-11-4-2-5-12(15-11)13(17)18/h2,4-5,19H,3,6-10H2,1H3,(H,17,18). The molecule has 19 heavy (non-hydrogen) atoms. The Hall–Kier alpha value is -1.46. The van der Waals surface area contributed by atoms with Crippen molar-refractivity contribution in [3.63, 3.8) is 0 Å². The quantitative estimate of drug-likeness (QED) is 0.865. The Morgan fingerprint density at radius 1 is 1.42 bits per heavy atom. The minimum absolute atomic E-state index is 0.0827. The molecule has 1 fully saturated rings. The van der Waals surface area contributed by atoms with E-state index in [1.165, 1.54) is 6.07 Å². The second-order valence-corrected chi connectivity index (χ2v) is 5.45. The zero-order valence-electron chi connectivity index (χ0n) is 11.2. The molecule has 0 radical (unpaired) electrons. The Bertz CT molecular complexity index is 460. The number of pyridine rings is 1. The van der Waals surface area contributed by atoms with Gasteiger partial charge in [0.2, 0.25) is 0 Å². The largest absolute Gasteiger partial charge is 0.477 e. The van der Waals surface area contributed by atoms with E-state index in [9.17, 15) is 9.90 Å². The highest BCUT2D eigenvalue weighted by molar-refractivity contribution is 5.85. The van der Waals surface area contributed by atoms with E-state index in [0.29, 0.717) is 6.54 Å². The van der Waals surface area contributed by atoms with E-state index >= 15 is 0 Å². The number of aromatic nitrogens is 1. The fraction of sp³-hybridized carbons (Fsp3) is 0.571. The second-order valence-electron chi connectivity index (χ2n) is 5.45. The fourth-order valence-corrected chi connectivity index (χ4v) is 2.39. The van der Waals surface area contributed by atoms with Crippen LogP contribution < -0.4 is 0 Å². The molecule has 0 amide bonds. The Balaban J connectivity index is 2.01. The average molecular weight is 264 g/mol. The molecule has 1 atom stereocenters. The van der Waals surface area contributed by atoms with E-state index in [1.807, 2.05) is 13.0 Å². The van der Waals surface area contributed by atoms with Crippen molar-refractivity contribution in [2.75, 3.05) is 13.1 Å². The maximum atomic E-state index is 10.9. The molecule has 0 saturated carbocycles. The van der Waals surface area contributed by atoms with Crippen molar-refractivity contribution >= 4 is 5.97 Å². The summed E-state index contributed by atoms with van der Waals surface area (Å²) in [7, 11) is 0. The molecular weight excluding hydrogens is 244 g/mol. The first-order valence-electron chi connectivity index (χ1n) is 6.60. The van der Waals surface area contributed by atoms with Crippen molar-refractivity contribution in [2.24, 2.45) is 0 Å². The fourth-order valence-electron chi connectivity index (χ4n) is 2.39. The number of aliphatic hydroxyl groups is 1. The van der Waals surface area contributed by atoms with Gasteiger partial charge in [0.25, 0.3) is 0 Å². The molecule has 2 heterocycles. The van der Waals surface area contributed by atoms with E-state index in [1.54, 1.807) is 6.07 Å². The highest BCUT2D eigenvalue weighted by Gasteiger charge is 2.25. The summed E-state index contributed by atoms with van der Waals surface area (Å²) in [5, 5.41) is 19.0. The van der Waals surface area contributed by atoms with Gasteiger partial charge in [-0.15, -0.1) is 0 Å². The number of carbonyl (C=O) groups is 1. The van der Waals surface area contributed by atoms with Crippen molar-refractivity contribution in [3.8, 4) is 0 Å². The molecule has 1 aromatic heterocycles. The first-order valence-corrected chi connectivity index (χ1v) is 6.60. The molecule has 1 aliphatic rings. The molecule has 1 unspecified atom stereocenters. The van der Waals surface area contributed by atoms with Crippen LogP contribution in [0.1, 0.15) is 42.4 Å². The van der Waals surface area contributed by atoms with Crippen LogP contribution in [0.15, 0.2) is 18.2 Å². The van der Waals surface area contributed by atoms with Crippen LogP contribution in [0.5, 0.6) is 0 Å². The van der Waals surface area contributed by atoms with Gasteiger partial charge in [-0.3, -0.25) is 4.90 Å². The number of carboxylic acids is 1. The van der Waals surface area contributed by atoms with Gasteiger partial charge in [0, 0.05) is 13.1 Å². The zero-order chi connectivity index (χ0) is 13.9. The van der Waals surface area contributed by atoms with Gasteiger partial charge in [0.1, 0.15) is 5.69 Å². The van der Waals surface area contributed by atoms with Crippen LogP contribution in [-0.4, -0.2) is 44.8 Å². The van der Waals surface area contributed by atoms with E-state index in [4.69, 9.17) is 5.11 Å². The molecule has 2 N–H and O–H groups in total. The monoisotopic (exact) mass is 264 g/mol. The zero-order valence-corrected chi connectivity index (χ0v) is 11.2. The third kappa shape index (κ3) is 4.01. The lowest BCUT2D eigenvalue weighted by Crippen LogP contribution is -2.28. The van der Waals surface area contributed by atoms with Gasteiger partial charge in [-0.05, 0) is 44.9 Å². The van der Waals surface area contributed by atoms with Crippen molar-refractivity contribution in [1.82, 2.24) is 9.88 Å². The maximum Gasteiger partial charge on any atom is 0.354 e. The lowest BCUT2D eigenvalue weighted by molar-refractivity contribution is 0.0444. The number of nitrogens with zero attached hydrogens (tertiary/aromatic N) is 2. The molecular formula is C14H20N2O3. The van der Waals surface area contributed by atoms with Gasteiger partial charge in [0.15, 0.2) is 0 Å². The van der Waals surface area contributed by atoms with Crippen molar-refractivity contribution in [3.05, 3.63) is 29.6 Å². The van der Waals surface area contributed by atoms with Gasteiger partial charge in [-0.2, -0.15) is 0 Å². The van der Waals surface area contributed by atoms with Crippen LogP contribution in [0.2, 0.25) is 0 Å². The molecule has 0 aliphatic carbocycles. The second kappa shape index (κ2) is 5.67. The minimum Gasteiger partial charge on any atom is -0.477 e. The summed E-state index contributed by atoms with van der Waals surface area (Å²) in [6, 6.07) is 5.06. The summed E-state index contributed by atoms with van der Waals surface area (Å²) in [5.74, 6) is -0.999. The number of likely N-dealkylation sites (tertiary alicyclic amines) is 1. The Morgan fingerprint density at radius 3 is 2.95 bits per heavy atom. The number of carboxylic acid groups (broad SMARTS) is 1.